The van der Waals surface area contributed by atoms with Crippen LogP contribution in [-0.4, -0.2) is 5.78 Å². The van der Waals surface area contributed by atoms with E-state index >= 15 is 0 Å². The summed E-state index contributed by atoms with van der Waals surface area (Å²) in [5.74, 6) is 0.957. The summed E-state index contributed by atoms with van der Waals surface area (Å²) in [6.07, 6.45) is 3.49. The highest BCUT2D eigenvalue weighted by atomic mass is 32.1. The van der Waals surface area contributed by atoms with E-state index < -0.39 is 0 Å². The van der Waals surface area contributed by atoms with Crippen LogP contribution in [0.5, 0.6) is 0 Å². The molecule has 0 amide bonds. The average Bonchev–Trinajstić information content (AvgIpc) is 2.67. The van der Waals surface area contributed by atoms with Crippen molar-refractivity contribution in [2.75, 3.05) is 0 Å². The van der Waals surface area contributed by atoms with E-state index in [1.165, 1.54) is 4.88 Å². The maximum Gasteiger partial charge on any atom is 0.133 e. The molecule has 0 aliphatic rings. The second-order valence-electron chi connectivity index (χ2n) is 3.84. The second kappa shape index (κ2) is 5.97. The maximum absolute atomic E-state index is 11.5. The molecular formula is C12H18OS. The van der Waals surface area contributed by atoms with Gasteiger partial charge < -0.3 is 0 Å². The van der Waals surface area contributed by atoms with Crippen molar-refractivity contribution in [3.05, 3.63) is 22.4 Å². The van der Waals surface area contributed by atoms with Crippen molar-refractivity contribution in [1.82, 2.24) is 0 Å². The van der Waals surface area contributed by atoms with Gasteiger partial charge in [0.05, 0.1) is 0 Å². The smallest absolute Gasteiger partial charge is 0.133 e. The summed E-state index contributed by atoms with van der Waals surface area (Å²) in [5.41, 5.74) is 0. The largest absolute Gasteiger partial charge is 0.300 e. The zero-order valence-corrected chi connectivity index (χ0v) is 9.77. The minimum atomic E-state index is 0.410. The van der Waals surface area contributed by atoms with Gasteiger partial charge in [0.2, 0.25) is 0 Å². The highest BCUT2D eigenvalue weighted by Gasteiger charge is 2.07. The number of ketones is 1. The van der Waals surface area contributed by atoms with E-state index in [0.717, 1.165) is 19.3 Å². The Morgan fingerprint density at radius 1 is 1.57 bits per heavy atom. The van der Waals surface area contributed by atoms with E-state index in [-0.39, 0.29) is 0 Å². The van der Waals surface area contributed by atoms with E-state index in [4.69, 9.17) is 0 Å². The Labute approximate surface area is 90.2 Å². The van der Waals surface area contributed by atoms with Crippen LogP contribution in [0.25, 0.3) is 0 Å². The predicted octanol–water partition coefficient (Wildman–Crippen LogP) is 3.69. The van der Waals surface area contributed by atoms with Crippen molar-refractivity contribution in [3.8, 4) is 0 Å². The summed E-state index contributed by atoms with van der Waals surface area (Å²) in [5, 5.41) is 2.06. The summed E-state index contributed by atoms with van der Waals surface area (Å²) in [4.78, 5) is 12.8. The highest BCUT2D eigenvalue weighted by molar-refractivity contribution is 7.09. The Hall–Kier alpha value is -0.630. The molecule has 0 N–H and O–H groups in total. The molecule has 1 rings (SSSR count). The molecule has 78 valence electrons. The molecule has 1 nitrogen and oxygen atoms in total. The Morgan fingerprint density at radius 3 is 2.93 bits per heavy atom. The molecule has 0 saturated heterocycles. The Morgan fingerprint density at radius 2 is 2.36 bits per heavy atom. The number of carbonyl (C=O) groups excluding carboxylic acids is 1. The topological polar surface area (TPSA) is 17.1 Å². The molecule has 1 heterocycles. The third-order valence-corrected chi connectivity index (χ3v) is 3.44. The van der Waals surface area contributed by atoms with Crippen molar-refractivity contribution >= 4 is 17.1 Å². The van der Waals surface area contributed by atoms with Crippen LogP contribution in [0.1, 0.15) is 38.0 Å². The van der Waals surface area contributed by atoms with Gasteiger partial charge in [-0.05, 0) is 23.8 Å². The van der Waals surface area contributed by atoms with Crippen molar-refractivity contribution in [3.63, 3.8) is 0 Å². The molecule has 0 radical (unpaired) electrons. The summed E-state index contributed by atoms with van der Waals surface area (Å²) in [6.45, 7) is 4.28. The zero-order valence-electron chi connectivity index (χ0n) is 8.95. The van der Waals surface area contributed by atoms with Gasteiger partial charge in [-0.15, -0.1) is 11.3 Å². The zero-order chi connectivity index (χ0) is 10.4. The molecule has 0 aliphatic heterocycles. The van der Waals surface area contributed by atoms with Gasteiger partial charge in [0.15, 0.2) is 0 Å². The number of hydrogen-bond acceptors (Lipinski definition) is 2. The van der Waals surface area contributed by atoms with E-state index in [1.807, 2.05) is 6.07 Å². The van der Waals surface area contributed by atoms with Crippen LogP contribution in [0.4, 0.5) is 0 Å². The molecular weight excluding hydrogens is 192 g/mol. The first kappa shape index (κ1) is 11.4. The van der Waals surface area contributed by atoms with Gasteiger partial charge in [-0.25, -0.2) is 0 Å². The van der Waals surface area contributed by atoms with Gasteiger partial charge >= 0.3 is 0 Å². The molecule has 0 aromatic carbocycles. The predicted molar refractivity (Wildman–Crippen MR) is 61.7 cm³/mol. The first-order valence-corrected chi connectivity index (χ1v) is 6.14. The summed E-state index contributed by atoms with van der Waals surface area (Å²) >= 11 is 1.74. The molecule has 0 bridgehead atoms. The Bertz CT molecular complexity index is 264. The van der Waals surface area contributed by atoms with Gasteiger partial charge in [0.1, 0.15) is 5.78 Å². The van der Waals surface area contributed by atoms with Gasteiger partial charge in [0.25, 0.3) is 0 Å². The lowest BCUT2D eigenvalue weighted by atomic mass is 9.99. The molecule has 1 aromatic heterocycles. The lowest BCUT2D eigenvalue weighted by Gasteiger charge is -2.06. The summed E-state index contributed by atoms with van der Waals surface area (Å²) in [7, 11) is 0. The minimum absolute atomic E-state index is 0.410. The van der Waals surface area contributed by atoms with Crippen LogP contribution in [0.2, 0.25) is 0 Å². The van der Waals surface area contributed by atoms with Crippen molar-refractivity contribution in [1.29, 1.82) is 0 Å². The average molecular weight is 210 g/mol. The number of carbonyl (C=O) groups is 1. The van der Waals surface area contributed by atoms with Crippen LogP contribution in [-0.2, 0) is 11.2 Å². The maximum atomic E-state index is 11.5. The quantitative estimate of drug-likeness (QED) is 0.700. The van der Waals surface area contributed by atoms with Crippen LogP contribution >= 0.6 is 11.3 Å². The number of Topliss-reactive ketones (excluding diaryl/α,β-unsaturated/α-hetero) is 1. The van der Waals surface area contributed by atoms with Crippen molar-refractivity contribution in [2.24, 2.45) is 5.92 Å². The molecule has 1 unspecified atom stereocenters. The summed E-state index contributed by atoms with van der Waals surface area (Å²) < 4.78 is 0. The normalized spacial score (nSPS) is 12.7. The van der Waals surface area contributed by atoms with E-state index in [2.05, 4.69) is 25.3 Å². The molecule has 2 heteroatoms. The van der Waals surface area contributed by atoms with Crippen LogP contribution < -0.4 is 0 Å². The molecule has 1 atom stereocenters. The summed E-state index contributed by atoms with van der Waals surface area (Å²) in [6, 6.07) is 4.14. The first-order valence-electron chi connectivity index (χ1n) is 5.26. The van der Waals surface area contributed by atoms with Crippen LogP contribution in [0.3, 0.4) is 0 Å². The Kier molecular flexibility index (Phi) is 4.88. The molecule has 0 saturated carbocycles. The number of thiophene rings is 1. The van der Waals surface area contributed by atoms with Gasteiger partial charge in [-0.1, -0.05) is 26.3 Å². The fourth-order valence-corrected chi connectivity index (χ4v) is 2.06. The van der Waals surface area contributed by atoms with Gasteiger partial charge in [0, 0.05) is 17.7 Å². The molecule has 14 heavy (non-hydrogen) atoms. The second-order valence-corrected chi connectivity index (χ2v) is 4.87. The lowest BCUT2D eigenvalue weighted by molar-refractivity contribution is -0.119. The van der Waals surface area contributed by atoms with E-state index in [1.54, 1.807) is 11.3 Å². The Balaban J connectivity index is 2.22. The number of aryl methyl sites for hydroxylation is 1. The van der Waals surface area contributed by atoms with E-state index in [0.29, 0.717) is 18.1 Å². The lowest BCUT2D eigenvalue weighted by Crippen LogP contribution is -2.05. The SMILES string of the molecule is CCC(C)CC(=O)CCc1cccs1. The third kappa shape index (κ3) is 4.05. The number of hydrogen-bond donors (Lipinski definition) is 0. The molecule has 1 aromatic rings. The first-order chi connectivity index (χ1) is 6.72. The fourth-order valence-electron chi connectivity index (χ4n) is 1.35. The minimum Gasteiger partial charge on any atom is -0.300 e. The highest BCUT2D eigenvalue weighted by Crippen LogP contribution is 2.14. The van der Waals surface area contributed by atoms with Gasteiger partial charge in [-0.2, -0.15) is 0 Å². The monoisotopic (exact) mass is 210 g/mol. The van der Waals surface area contributed by atoms with Gasteiger partial charge in [-0.3, -0.25) is 4.79 Å². The molecule has 0 aliphatic carbocycles. The third-order valence-electron chi connectivity index (χ3n) is 2.50. The standard InChI is InChI=1S/C12H18OS/c1-3-10(2)9-11(13)6-7-12-5-4-8-14-12/h4-5,8,10H,3,6-7,9H2,1-2H3. The number of rotatable bonds is 6. The van der Waals surface area contributed by atoms with E-state index in [9.17, 15) is 4.79 Å². The van der Waals surface area contributed by atoms with Crippen molar-refractivity contribution in [2.45, 2.75) is 39.5 Å². The molecule has 0 spiro atoms. The van der Waals surface area contributed by atoms with Crippen LogP contribution in [0, 0.1) is 5.92 Å². The molecule has 0 fully saturated rings. The van der Waals surface area contributed by atoms with Crippen LogP contribution in [0.15, 0.2) is 17.5 Å². The van der Waals surface area contributed by atoms with Crippen molar-refractivity contribution < 1.29 is 4.79 Å². The fraction of sp³-hybridized carbons (Fsp3) is 0.583.